The molecule has 0 aromatic carbocycles. The lowest BCUT2D eigenvalue weighted by Gasteiger charge is -2.66. The molecule has 0 aromatic heterocycles. The normalized spacial score (nSPS) is 53.0. The van der Waals surface area contributed by atoms with Gasteiger partial charge >= 0.3 is 0 Å². The molecular formula is C17H27NO. The van der Waals surface area contributed by atoms with E-state index in [1.165, 1.54) is 38.5 Å². The Morgan fingerprint density at radius 1 is 1.16 bits per heavy atom. The van der Waals surface area contributed by atoms with Crippen molar-refractivity contribution in [3.05, 3.63) is 11.8 Å². The lowest BCUT2D eigenvalue weighted by atomic mass is 9.39. The van der Waals surface area contributed by atoms with Gasteiger partial charge in [0.05, 0.1) is 12.6 Å². The molecule has 4 aliphatic carbocycles. The van der Waals surface area contributed by atoms with Crippen LogP contribution in [0, 0.1) is 22.2 Å². The SMILES string of the molecule is CC12CC3CC(C)(C1)CC(C(N)C1=CCCO1)(C3)C2. The van der Waals surface area contributed by atoms with Crippen LogP contribution >= 0.6 is 0 Å². The second kappa shape index (κ2) is 3.58. The highest BCUT2D eigenvalue weighted by Crippen LogP contribution is 2.70. The van der Waals surface area contributed by atoms with E-state index in [1.54, 1.807) is 0 Å². The fourth-order valence-electron chi connectivity index (χ4n) is 6.84. The summed E-state index contributed by atoms with van der Waals surface area (Å²) in [6.45, 7) is 5.87. The predicted octanol–water partition coefficient (Wildman–Crippen LogP) is 3.61. The minimum absolute atomic E-state index is 0.150. The Kier molecular flexibility index (Phi) is 2.31. The van der Waals surface area contributed by atoms with E-state index in [1.807, 2.05) is 0 Å². The number of rotatable bonds is 2. The van der Waals surface area contributed by atoms with Crippen LogP contribution in [0.5, 0.6) is 0 Å². The molecule has 3 unspecified atom stereocenters. The van der Waals surface area contributed by atoms with Crippen molar-refractivity contribution >= 4 is 0 Å². The minimum Gasteiger partial charge on any atom is -0.496 e. The molecule has 0 radical (unpaired) electrons. The molecule has 5 aliphatic rings. The van der Waals surface area contributed by atoms with E-state index in [9.17, 15) is 0 Å². The molecule has 4 fully saturated rings. The molecule has 2 nitrogen and oxygen atoms in total. The zero-order chi connectivity index (χ0) is 13.3. The van der Waals surface area contributed by atoms with Crippen LogP contribution in [0.1, 0.15) is 58.8 Å². The van der Waals surface area contributed by atoms with Gasteiger partial charge in [-0.25, -0.2) is 0 Å². The average molecular weight is 261 g/mol. The second-order valence-electron chi connectivity index (χ2n) is 8.71. The molecule has 106 valence electrons. The van der Waals surface area contributed by atoms with E-state index in [0.29, 0.717) is 16.2 Å². The van der Waals surface area contributed by atoms with E-state index >= 15 is 0 Å². The fraction of sp³-hybridized carbons (Fsp3) is 0.882. The highest BCUT2D eigenvalue weighted by atomic mass is 16.5. The summed E-state index contributed by atoms with van der Waals surface area (Å²) >= 11 is 0. The summed E-state index contributed by atoms with van der Waals surface area (Å²) in [4.78, 5) is 0. The molecule has 19 heavy (non-hydrogen) atoms. The van der Waals surface area contributed by atoms with Crippen molar-refractivity contribution < 1.29 is 4.74 Å². The Labute approximate surface area is 116 Å². The highest BCUT2D eigenvalue weighted by molar-refractivity contribution is 5.20. The van der Waals surface area contributed by atoms with E-state index in [-0.39, 0.29) is 6.04 Å². The molecule has 2 heteroatoms. The molecule has 0 amide bonds. The molecule has 1 aliphatic heterocycles. The van der Waals surface area contributed by atoms with Crippen LogP contribution in [-0.2, 0) is 4.74 Å². The summed E-state index contributed by atoms with van der Waals surface area (Å²) < 4.78 is 5.81. The topological polar surface area (TPSA) is 35.2 Å². The van der Waals surface area contributed by atoms with Gasteiger partial charge in [0.15, 0.2) is 0 Å². The molecular weight excluding hydrogens is 234 g/mol. The first kappa shape index (κ1) is 12.3. The summed E-state index contributed by atoms with van der Waals surface area (Å²) in [6, 6.07) is 0.150. The summed E-state index contributed by atoms with van der Waals surface area (Å²) in [5.41, 5.74) is 8.13. The molecule has 4 saturated carbocycles. The van der Waals surface area contributed by atoms with Crippen molar-refractivity contribution in [3.8, 4) is 0 Å². The summed E-state index contributed by atoms with van der Waals surface area (Å²) in [6.07, 6.45) is 11.6. The minimum atomic E-state index is 0.150. The van der Waals surface area contributed by atoms with Gasteiger partial charge in [-0.05, 0) is 66.8 Å². The molecule has 3 atom stereocenters. The van der Waals surface area contributed by atoms with Gasteiger partial charge in [-0.3, -0.25) is 0 Å². The third-order valence-corrected chi connectivity index (χ3v) is 6.37. The van der Waals surface area contributed by atoms with Crippen LogP contribution in [0.15, 0.2) is 11.8 Å². The molecule has 5 rings (SSSR count). The van der Waals surface area contributed by atoms with Crippen LogP contribution < -0.4 is 5.73 Å². The van der Waals surface area contributed by atoms with Crippen molar-refractivity contribution in [1.29, 1.82) is 0 Å². The quantitative estimate of drug-likeness (QED) is 0.824. The monoisotopic (exact) mass is 261 g/mol. The Bertz CT molecular complexity index is 423. The number of nitrogens with two attached hydrogens (primary N) is 1. The fourth-order valence-corrected chi connectivity index (χ4v) is 6.84. The van der Waals surface area contributed by atoms with Crippen LogP contribution in [0.4, 0.5) is 0 Å². The van der Waals surface area contributed by atoms with Crippen LogP contribution in [0.2, 0.25) is 0 Å². The zero-order valence-electron chi connectivity index (χ0n) is 12.4. The van der Waals surface area contributed by atoms with Crippen molar-refractivity contribution in [2.75, 3.05) is 6.61 Å². The van der Waals surface area contributed by atoms with Gasteiger partial charge in [-0.15, -0.1) is 0 Å². The van der Waals surface area contributed by atoms with Gasteiger partial charge in [0.1, 0.15) is 5.76 Å². The van der Waals surface area contributed by atoms with Crippen LogP contribution in [0.25, 0.3) is 0 Å². The Hall–Kier alpha value is -0.500. The first-order valence-electron chi connectivity index (χ1n) is 8.01. The predicted molar refractivity (Wildman–Crippen MR) is 76.5 cm³/mol. The maximum absolute atomic E-state index is 6.70. The standard InChI is InChI=1S/C17H27NO/c1-15-6-12-7-16(2,9-15)11-17(8-12,10-15)14(18)13-4-3-5-19-13/h4,12,14H,3,5-11,18H2,1-2H3. The Balaban J connectivity index is 1.70. The number of hydrogen-bond acceptors (Lipinski definition) is 2. The van der Waals surface area contributed by atoms with Gasteiger partial charge in [0.2, 0.25) is 0 Å². The molecule has 0 aromatic rings. The number of hydrogen-bond donors (Lipinski definition) is 1. The maximum Gasteiger partial charge on any atom is 0.109 e. The summed E-state index contributed by atoms with van der Waals surface area (Å²) in [5.74, 6) is 2.02. The number of ether oxygens (including phenoxy) is 1. The molecule has 1 heterocycles. The summed E-state index contributed by atoms with van der Waals surface area (Å²) in [7, 11) is 0. The first-order chi connectivity index (χ1) is 8.92. The molecule has 0 spiro atoms. The van der Waals surface area contributed by atoms with E-state index in [0.717, 1.165) is 24.7 Å². The first-order valence-corrected chi connectivity index (χ1v) is 8.01. The Morgan fingerprint density at radius 3 is 2.37 bits per heavy atom. The molecule has 4 bridgehead atoms. The van der Waals surface area contributed by atoms with Gasteiger partial charge in [0.25, 0.3) is 0 Å². The van der Waals surface area contributed by atoms with E-state index in [2.05, 4.69) is 19.9 Å². The smallest absolute Gasteiger partial charge is 0.109 e. The van der Waals surface area contributed by atoms with Crippen molar-refractivity contribution in [3.63, 3.8) is 0 Å². The van der Waals surface area contributed by atoms with Crippen LogP contribution in [0.3, 0.4) is 0 Å². The van der Waals surface area contributed by atoms with Crippen molar-refractivity contribution in [2.45, 2.75) is 64.8 Å². The second-order valence-corrected chi connectivity index (χ2v) is 8.71. The van der Waals surface area contributed by atoms with Gasteiger partial charge in [0, 0.05) is 6.42 Å². The zero-order valence-corrected chi connectivity index (χ0v) is 12.4. The maximum atomic E-state index is 6.70. The molecule has 0 saturated heterocycles. The van der Waals surface area contributed by atoms with Crippen molar-refractivity contribution in [2.24, 2.45) is 27.9 Å². The third kappa shape index (κ3) is 1.72. The highest BCUT2D eigenvalue weighted by Gasteiger charge is 2.62. The van der Waals surface area contributed by atoms with E-state index in [4.69, 9.17) is 10.5 Å². The lowest BCUT2D eigenvalue weighted by Crippen LogP contribution is -2.61. The third-order valence-electron chi connectivity index (χ3n) is 6.37. The van der Waals surface area contributed by atoms with Gasteiger partial charge < -0.3 is 10.5 Å². The van der Waals surface area contributed by atoms with Gasteiger partial charge in [-0.1, -0.05) is 13.8 Å². The Morgan fingerprint density at radius 2 is 1.84 bits per heavy atom. The lowest BCUT2D eigenvalue weighted by molar-refractivity contribution is -0.153. The summed E-state index contributed by atoms with van der Waals surface area (Å²) in [5, 5.41) is 0. The largest absolute Gasteiger partial charge is 0.496 e. The van der Waals surface area contributed by atoms with Gasteiger partial charge in [-0.2, -0.15) is 0 Å². The van der Waals surface area contributed by atoms with Crippen molar-refractivity contribution in [1.82, 2.24) is 0 Å². The van der Waals surface area contributed by atoms with E-state index < -0.39 is 0 Å². The van der Waals surface area contributed by atoms with Crippen LogP contribution in [-0.4, -0.2) is 12.6 Å². The molecule has 2 N–H and O–H groups in total. The average Bonchev–Trinajstić information content (AvgIpc) is 2.75.